The second-order valence-corrected chi connectivity index (χ2v) is 6.59. The number of hydrogen-bond acceptors (Lipinski definition) is 5. The molecule has 6 nitrogen and oxygen atoms in total. The normalized spacial score (nSPS) is 11.4. The van der Waals surface area contributed by atoms with Gasteiger partial charge in [0.05, 0.1) is 18.4 Å². The third-order valence-corrected chi connectivity index (χ3v) is 4.46. The van der Waals surface area contributed by atoms with Crippen LogP contribution in [-0.2, 0) is 9.53 Å². The van der Waals surface area contributed by atoms with Crippen molar-refractivity contribution in [3.63, 3.8) is 0 Å². The average molecular weight is 411 g/mol. The lowest BCUT2D eigenvalue weighted by Crippen LogP contribution is -2.26. The van der Waals surface area contributed by atoms with Crippen LogP contribution in [0.2, 0.25) is 5.15 Å². The second kappa shape index (κ2) is 9.21. The van der Waals surface area contributed by atoms with Crippen LogP contribution in [0.1, 0.15) is 27.6 Å². The number of ether oxygens (including phenoxy) is 2. The molecule has 0 aliphatic carbocycles. The van der Waals surface area contributed by atoms with Crippen molar-refractivity contribution in [3.8, 4) is 5.75 Å². The molecular weight excluding hydrogens is 392 g/mol. The fraction of sp³-hybridized carbons (Fsp3) is 0.136. The number of nitrogens with one attached hydrogen (secondary N) is 1. The van der Waals surface area contributed by atoms with E-state index in [-0.39, 0.29) is 10.7 Å². The summed E-state index contributed by atoms with van der Waals surface area (Å²) < 4.78 is 10.8. The Morgan fingerprint density at radius 3 is 2.52 bits per heavy atom. The lowest BCUT2D eigenvalue weighted by molar-refractivity contribution is -0.125. The van der Waals surface area contributed by atoms with Crippen LogP contribution in [0.15, 0.2) is 66.9 Å². The van der Waals surface area contributed by atoms with Gasteiger partial charge < -0.3 is 14.8 Å². The molecule has 3 rings (SSSR count). The van der Waals surface area contributed by atoms with E-state index in [0.717, 1.165) is 5.56 Å². The Morgan fingerprint density at radius 2 is 1.83 bits per heavy atom. The Hall–Kier alpha value is -3.38. The van der Waals surface area contributed by atoms with E-state index in [1.54, 1.807) is 42.5 Å². The summed E-state index contributed by atoms with van der Waals surface area (Å²) in [5.41, 5.74) is 2.02. The standard InChI is InChI=1S/C22H19ClN2O4/c1-14-10-11-18(28-2)17(13-14)25-21(26)19(15-7-4-3-5-8-15)29-22(27)16-9-6-12-24-20(16)23/h3-13,19H,1-2H3,(H,25,26). The number of carbonyl (C=O) groups excluding carboxylic acids is 2. The van der Waals surface area contributed by atoms with Gasteiger partial charge in [-0.2, -0.15) is 0 Å². The van der Waals surface area contributed by atoms with Gasteiger partial charge in [-0.15, -0.1) is 0 Å². The van der Waals surface area contributed by atoms with Crippen LogP contribution >= 0.6 is 11.6 Å². The Bertz CT molecular complexity index is 1020. The molecule has 0 saturated heterocycles. The van der Waals surface area contributed by atoms with Gasteiger partial charge >= 0.3 is 5.97 Å². The predicted molar refractivity (Wildman–Crippen MR) is 110 cm³/mol. The largest absolute Gasteiger partial charge is 0.495 e. The molecule has 0 radical (unpaired) electrons. The zero-order chi connectivity index (χ0) is 20.8. The van der Waals surface area contributed by atoms with Crippen molar-refractivity contribution in [2.45, 2.75) is 13.0 Å². The number of benzene rings is 2. The summed E-state index contributed by atoms with van der Waals surface area (Å²) in [6, 6.07) is 17.2. The Balaban J connectivity index is 1.90. The Kier molecular flexibility index (Phi) is 6.46. The molecule has 1 aromatic heterocycles. The summed E-state index contributed by atoms with van der Waals surface area (Å²) in [5, 5.41) is 2.79. The van der Waals surface area contributed by atoms with Gasteiger partial charge in [0, 0.05) is 11.8 Å². The molecule has 0 aliphatic rings. The van der Waals surface area contributed by atoms with Crippen LogP contribution in [0.25, 0.3) is 0 Å². The summed E-state index contributed by atoms with van der Waals surface area (Å²) in [4.78, 5) is 29.6. The molecular formula is C22H19ClN2O4. The molecule has 2 aromatic carbocycles. The number of aromatic nitrogens is 1. The van der Waals surface area contributed by atoms with E-state index in [4.69, 9.17) is 21.1 Å². The van der Waals surface area contributed by atoms with Crippen LogP contribution in [-0.4, -0.2) is 24.0 Å². The lowest BCUT2D eigenvalue weighted by atomic mass is 10.1. The maximum Gasteiger partial charge on any atom is 0.342 e. The van der Waals surface area contributed by atoms with Gasteiger partial charge in [-0.1, -0.05) is 48.0 Å². The molecule has 1 unspecified atom stereocenters. The van der Waals surface area contributed by atoms with Crippen LogP contribution in [0.5, 0.6) is 5.75 Å². The number of pyridine rings is 1. The van der Waals surface area contributed by atoms with Gasteiger partial charge in [0.15, 0.2) is 0 Å². The number of hydrogen-bond donors (Lipinski definition) is 1. The SMILES string of the molecule is COc1ccc(C)cc1NC(=O)C(OC(=O)c1cccnc1Cl)c1ccccc1. The summed E-state index contributed by atoms with van der Waals surface area (Å²) in [7, 11) is 1.51. The molecule has 29 heavy (non-hydrogen) atoms. The quantitative estimate of drug-likeness (QED) is 0.475. The van der Waals surface area contributed by atoms with Gasteiger partial charge in [0.2, 0.25) is 6.10 Å². The number of rotatable bonds is 6. The molecule has 1 heterocycles. The highest BCUT2D eigenvalue weighted by Gasteiger charge is 2.27. The Labute approximate surface area is 173 Å². The zero-order valence-electron chi connectivity index (χ0n) is 15.9. The molecule has 0 bridgehead atoms. The first-order chi connectivity index (χ1) is 14.0. The van der Waals surface area contributed by atoms with Crippen LogP contribution in [0.4, 0.5) is 5.69 Å². The molecule has 1 atom stereocenters. The zero-order valence-corrected chi connectivity index (χ0v) is 16.6. The van der Waals surface area contributed by atoms with Gasteiger partial charge in [0.25, 0.3) is 5.91 Å². The summed E-state index contributed by atoms with van der Waals surface area (Å²) in [6.45, 7) is 1.90. The third kappa shape index (κ3) is 4.92. The fourth-order valence-electron chi connectivity index (χ4n) is 2.73. The smallest absolute Gasteiger partial charge is 0.342 e. The molecule has 0 fully saturated rings. The first-order valence-corrected chi connectivity index (χ1v) is 9.19. The summed E-state index contributed by atoms with van der Waals surface area (Å²) in [6.07, 6.45) is 0.273. The van der Waals surface area contributed by atoms with E-state index in [0.29, 0.717) is 17.0 Å². The molecule has 0 aliphatic heterocycles. The predicted octanol–water partition coefficient (Wildman–Crippen LogP) is 4.59. The number of aryl methyl sites for hydroxylation is 1. The van der Waals surface area contributed by atoms with Crippen molar-refractivity contribution in [2.24, 2.45) is 0 Å². The fourth-order valence-corrected chi connectivity index (χ4v) is 2.92. The number of amides is 1. The maximum atomic E-state index is 13.1. The lowest BCUT2D eigenvalue weighted by Gasteiger charge is -2.19. The Morgan fingerprint density at radius 1 is 1.07 bits per heavy atom. The van der Waals surface area contributed by atoms with Crippen molar-refractivity contribution in [2.75, 3.05) is 12.4 Å². The minimum Gasteiger partial charge on any atom is -0.495 e. The van der Waals surface area contributed by atoms with Gasteiger partial charge in [-0.05, 0) is 36.8 Å². The number of methoxy groups -OCH3 is 1. The number of carbonyl (C=O) groups is 2. The second-order valence-electron chi connectivity index (χ2n) is 6.23. The molecule has 0 saturated carbocycles. The minimum atomic E-state index is -1.19. The van der Waals surface area contributed by atoms with Crippen molar-refractivity contribution >= 4 is 29.2 Å². The monoisotopic (exact) mass is 410 g/mol. The maximum absolute atomic E-state index is 13.1. The van der Waals surface area contributed by atoms with Crippen molar-refractivity contribution < 1.29 is 19.1 Å². The highest BCUT2D eigenvalue weighted by molar-refractivity contribution is 6.32. The molecule has 3 aromatic rings. The topological polar surface area (TPSA) is 77.5 Å². The summed E-state index contributed by atoms with van der Waals surface area (Å²) >= 11 is 5.99. The third-order valence-electron chi connectivity index (χ3n) is 4.16. The first kappa shape index (κ1) is 20.4. The molecule has 1 N–H and O–H groups in total. The number of nitrogens with zero attached hydrogens (tertiary/aromatic N) is 1. The van der Waals surface area contributed by atoms with E-state index in [2.05, 4.69) is 10.3 Å². The minimum absolute atomic E-state index is 0.00470. The molecule has 7 heteroatoms. The van der Waals surface area contributed by atoms with E-state index < -0.39 is 18.0 Å². The highest BCUT2D eigenvalue weighted by atomic mass is 35.5. The number of anilines is 1. The van der Waals surface area contributed by atoms with E-state index >= 15 is 0 Å². The van der Waals surface area contributed by atoms with Crippen molar-refractivity contribution in [1.29, 1.82) is 0 Å². The van der Waals surface area contributed by atoms with Crippen molar-refractivity contribution in [1.82, 2.24) is 4.98 Å². The van der Waals surface area contributed by atoms with Gasteiger partial charge in [-0.25, -0.2) is 9.78 Å². The first-order valence-electron chi connectivity index (χ1n) is 8.81. The molecule has 1 amide bonds. The number of halogens is 1. The highest BCUT2D eigenvalue weighted by Crippen LogP contribution is 2.28. The van der Waals surface area contributed by atoms with Crippen LogP contribution in [0.3, 0.4) is 0 Å². The molecule has 148 valence electrons. The average Bonchev–Trinajstić information content (AvgIpc) is 2.73. The van der Waals surface area contributed by atoms with Crippen molar-refractivity contribution in [3.05, 3.63) is 88.7 Å². The van der Waals surface area contributed by atoms with Gasteiger partial charge in [-0.3, -0.25) is 4.79 Å². The van der Waals surface area contributed by atoms with E-state index in [1.807, 2.05) is 19.1 Å². The van der Waals surface area contributed by atoms with Crippen LogP contribution in [0, 0.1) is 6.92 Å². The van der Waals surface area contributed by atoms with Gasteiger partial charge in [0.1, 0.15) is 10.9 Å². The van der Waals surface area contributed by atoms with E-state index in [1.165, 1.54) is 19.4 Å². The summed E-state index contributed by atoms with van der Waals surface area (Å²) in [5.74, 6) is -0.769. The van der Waals surface area contributed by atoms with E-state index in [9.17, 15) is 9.59 Å². The molecule has 0 spiro atoms. The van der Waals surface area contributed by atoms with Crippen LogP contribution < -0.4 is 10.1 Å². The number of esters is 1.